The van der Waals surface area contributed by atoms with Crippen molar-refractivity contribution < 1.29 is 14.3 Å². The number of anilines is 2. The molecule has 0 unspecified atom stereocenters. The predicted octanol–water partition coefficient (Wildman–Crippen LogP) is 2.69. The molecule has 5 nitrogen and oxygen atoms in total. The van der Waals surface area contributed by atoms with E-state index in [4.69, 9.17) is 9.47 Å². The average molecular weight is 312 g/mol. The van der Waals surface area contributed by atoms with Crippen LogP contribution < -0.4 is 19.3 Å². The highest BCUT2D eigenvalue weighted by Gasteiger charge is 2.24. The molecule has 0 fully saturated rings. The molecule has 0 spiro atoms. The average Bonchev–Trinajstić information content (AvgIpc) is 2.74. The number of fused-ring (bicyclic) bond motifs is 1. The van der Waals surface area contributed by atoms with Gasteiger partial charge in [0.1, 0.15) is 0 Å². The first-order valence-electron chi connectivity index (χ1n) is 7.46. The number of nitrogens with zero attached hydrogens (tertiary/aromatic N) is 2. The number of hydrogen-bond acceptors (Lipinski definition) is 4. The van der Waals surface area contributed by atoms with Crippen LogP contribution in [0.1, 0.15) is 5.56 Å². The zero-order valence-electron chi connectivity index (χ0n) is 13.6. The third-order valence-electron chi connectivity index (χ3n) is 3.93. The van der Waals surface area contributed by atoms with Gasteiger partial charge in [-0.05, 0) is 30.3 Å². The van der Waals surface area contributed by atoms with E-state index < -0.39 is 0 Å². The van der Waals surface area contributed by atoms with Gasteiger partial charge in [0.2, 0.25) is 0 Å². The second-order valence-electron chi connectivity index (χ2n) is 5.63. The molecule has 2 aromatic carbocycles. The fourth-order valence-electron chi connectivity index (χ4n) is 2.65. The summed E-state index contributed by atoms with van der Waals surface area (Å²) in [5, 5.41) is 0. The topological polar surface area (TPSA) is 42.0 Å². The first-order valence-corrected chi connectivity index (χ1v) is 7.46. The Morgan fingerprint density at radius 3 is 2.52 bits per heavy atom. The second-order valence-corrected chi connectivity index (χ2v) is 5.63. The van der Waals surface area contributed by atoms with Gasteiger partial charge in [-0.15, -0.1) is 0 Å². The smallest absolute Gasteiger partial charge is 0.265 e. The quantitative estimate of drug-likeness (QED) is 0.874. The summed E-state index contributed by atoms with van der Waals surface area (Å²) >= 11 is 0. The summed E-state index contributed by atoms with van der Waals surface area (Å²) in [5.74, 6) is 1.23. The van der Waals surface area contributed by atoms with Gasteiger partial charge in [-0.2, -0.15) is 0 Å². The maximum Gasteiger partial charge on any atom is 0.265 e. The molecule has 5 heteroatoms. The number of para-hydroxylation sites is 1. The molecule has 1 amide bonds. The highest BCUT2D eigenvalue weighted by atomic mass is 16.5. The van der Waals surface area contributed by atoms with Crippen LogP contribution in [0.5, 0.6) is 11.5 Å². The Balaban J connectivity index is 1.94. The molecule has 3 rings (SSSR count). The lowest BCUT2D eigenvalue weighted by Crippen LogP contribution is -2.32. The number of benzene rings is 2. The first-order chi connectivity index (χ1) is 11.1. The van der Waals surface area contributed by atoms with Crippen LogP contribution in [0.2, 0.25) is 0 Å². The van der Waals surface area contributed by atoms with Gasteiger partial charge < -0.3 is 19.3 Å². The Morgan fingerprint density at radius 1 is 1.13 bits per heavy atom. The number of rotatable bonds is 3. The van der Waals surface area contributed by atoms with E-state index in [1.807, 2.05) is 61.5 Å². The summed E-state index contributed by atoms with van der Waals surface area (Å²) in [7, 11) is 5.58. The zero-order valence-corrected chi connectivity index (χ0v) is 13.6. The Morgan fingerprint density at radius 2 is 1.87 bits per heavy atom. The van der Waals surface area contributed by atoms with Gasteiger partial charge in [-0.1, -0.05) is 12.1 Å². The van der Waals surface area contributed by atoms with Crippen molar-refractivity contribution >= 4 is 17.3 Å². The van der Waals surface area contributed by atoms with Gasteiger partial charge in [-0.25, -0.2) is 0 Å². The van der Waals surface area contributed by atoms with E-state index >= 15 is 0 Å². The van der Waals surface area contributed by atoms with E-state index in [0.717, 1.165) is 16.9 Å². The minimum absolute atomic E-state index is 0.00278. The third-order valence-corrected chi connectivity index (χ3v) is 3.93. The molecule has 0 bridgehead atoms. The molecule has 23 heavy (non-hydrogen) atoms. The normalized spacial score (nSPS) is 13.9. The Kier molecular flexibility index (Phi) is 4.10. The molecule has 120 valence electrons. The molecule has 0 saturated heterocycles. The molecule has 2 aromatic rings. The van der Waals surface area contributed by atoms with E-state index in [9.17, 15) is 4.79 Å². The molecule has 0 aromatic heterocycles. The van der Waals surface area contributed by atoms with Crippen LogP contribution in [0.4, 0.5) is 11.4 Å². The van der Waals surface area contributed by atoms with Gasteiger partial charge in [0.15, 0.2) is 18.1 Å². The van der Waals surface area contributed by atoms with Crippen LogP contribution in [-0.2, 0) is 11.3 Å². The molecule has 0 N–H and O–H groups in total. The lowest BCUT2D eigenvalue weighted by Gasteiger charge is -2.21. The number of carbonyl (C=O) groups is 1. The molecular weight excluding hydrogens is 292 g/mol. The molecule has 1 aliphatic rings. The number of hydrogen-bond donors (Lipinski definition) is 0. The summed E-state index contributed by atoms with van der Waals surface area (Å²) in [6.07, 6.45) is 0. The fourth-order valence-corrected chi connectivity index (χ4v) is 2.65. The van der Waals surface area contributed by atoms with Crippen molar-refractivity contribution in [3.63, 3.8) is 0 Å². The number of methoxy groups -OCH3 is 1. The number of carbonyl (C=O) groups excluding carboxylic acids is 1. The lowest BCUT2D eigenvalue weighted by atomic mass is 10.1. The van der Waals surface area contributed by atoms with Crippen molar-refractivity contribution in [2.75, 3.05) is 37.6 Å². The number of ether oxygens (including phenoxy) is 2. The maximum absolute atomic E-state index is 12.5. The summed E-state index contributed by atoms with van der Waals surface area (Å²) in [6, 6.07) is 13.6. The van der Waals surface area contributed by atoms with Crippen LogP contribution in [0.25, 0.3) is 0 Å². The first kappa shape index (κ1) is 15.2. The molecule has 0 atom stereocenters. The minimum atomic E-state index is -0.0687. The Bertz CT molecular complexity index is 711. The van der Waals surface area contributed by atoms with Gasteiger partial charge in [-0.3, -0.25) is 4.79 Å². The SMILES string of the molecule is COc1cccc2c1OCC(=O)N(c1ccc(N(C)C)cc1)C2. The standard InChI is InChI=1S/C18H20N2O3/c1-19(2)14-7-9-15(10-8-14)20-11-13-5-4-6-16(22-3)18(13)23-12-17(20)21/h4-10H,11-12H2,1-3H3. The van der Waals surface area contributed by atoms with E-state index in [1.165, 1.54) is 0 Å². The van der Waals surface area contributed by atoms with Crippen LogP contribution >= 0.6 is 0 Å². The monoisotopic (exact) mass is 312 g/mol. The number of amides is 1. The van der Waals surface area contributed by atoms with Crippen LogP contribution in [0.3, 0.4) is 0 Å². The fraction of sp³-hybridized carbons (Fsp3) is 0.278. The summed E-state index contributed by atoms with van der Waals surface area (Å²) in [5.41, 5.74) is 2.89. The van der Waals surface area contributed by atoms with Gasteiger partial charge in [0.05, 0.1) is 13.7 Å². The van der Waals surface area contributed by atoms with Crippen molar-refractivity contribution in [2.24, 2.45) is 0 Å². The molecule has 0 radical (unpaired) electrons. The van der Waals surface area contributed by atoms with Crippen molar-refractivity contribution in [1.29, 1.82) is 0 Å². The van der Waals surface area contributed by atoms with Crippen LogP contribution in [0, 0.1) is 0 Å². The van der Waals surface area contributed by atoms with Crippen molar-refractivity contribution in [3.8, 4) is 11.5 Å². The van der Waals surface area contributed by atoms with Gasteiger partial charge in [0.25, 0.3) is 5.91 Å². The highest BCUT2D eigenvalue weighted by Crippen LogP contribution is 2.35. The van der Waals surface area contributed by atoms with E-state index in [-0.39, 0.29) is 12.5 Å². The molecule has 0 aliphatic carbocycles. The summed E-state index contributed by atoms with van der Waals surface area (Å²) < 4.78 is 11.0. The summed E-state index contributed by atoms with van der Waals surface area (Å²) in [6.45, 7) is 0.468. The predicted molar refractivity (Wildman–Crippen MR) is 90.4 cm³/mol. The van der Waals surface area contributed by atoms with Gasteiger partial charge in [0, 0.05) is 31.0 Å². The van der Waals surface area contributed by atoms with Crippen molar-refractivity contribution in [2.45, 2.75) is 6.54 Å². The van der Waals surface area contributed by atoms with Crippen molar-refractivity contribution in [1.82, 2.24) is 0 Å². The third kappa shape index (κ3) is 2.95. The van der Waals surface area contributed by atoms with E-state index in [2.05, 4.69) is 0 Å². The summed E-state index contributed by atoms with van der Waals surface area (Å²) in [4.78, 5) is 16.2. The van der Waals surface area contributed by atoms with Crippen LogP contribution in [-0.4, -0.2) is 33.7 Å². The highest BCUT2D eigenvalue weighted by molar-refractivity contribution is 5.95. The zero-order chi connectivity index (χ0) is 16.4. The molecule has 1 aliphatic heterocycles. The van der Waals surface area contributed by atoms with E-state index in [1.54, 1.807) is 12.0 Å². The molecule has 0 saturated carbocycles. The van der Waals surface area contributed by atoms with Crippen LogP contribution in [0.15, 0.2) is 42.5 Å². The minimum Gasteiger partial charge on any atom is -0.493 e. The Labute approximate surface area is 136 Å². The second kappa shape index (κ2) is 6.20. The Hall–Kier alpha value is -2.69. The van der Waals surface area contributed by atoms with Crippen molar-refractivity contribution in [3.05, 3.63) is 48.0 Å². The largest absolute Gasteiger partial charge is 0.493 e. The maximum atomic E-state index is 12.5. The van der Waals surface area contributed by atoms with E-state index in [0.29, 0.717) is 18.0 Å². The molecule has 1 heterocycles. The lowest BCUT2D eigenvalue weighted by molar-refractivity contribution is -0.120. The molecular formula is C18H20N2O3. The van der Waals surface area contributed by atoms with Gasteiger partial charge >= 0.3 is 0 Å².